The molecule has 0 saturated carbocycles. The molecule has 0 fully saturated rings. The first-order valence-corrected chi connectivity index (χ1v) is 5.32. The van der Waals surface area contributed by atoms with Crippen LogP contribution >= 0.6 is 0 Å². The molecule has 0 saturated heterocycles. The van der Waals surface area contributed by atoms with Crippen molar-refractivity contribution in [1.29, 1.82) is 0 Å². The second kappa shape index (κ2) is 5.50. The maximum Gasteiger partial charge on any atom is 0.130 e. The molecule has 1 atom stereocenters. The van der Waals surface area contributed by atoms with Crippen molar-refractivity contribution >= 4 is 11.9 Å². The van der Waals surface area contributed by atoms with Gasteiger partial charge in [0.25, 0.3) is 0 Å². The van der Waals surface area contributed by atoms with Gasteiger partial charge in [0.15, 0.2) is 0 Å². The molecular formula is C14H18O. The van der Waals surface area contributed by atoms with E-state index in [9.17, 15) is 4.79 Å². The predicted molar refractivity (Wildman–Crippen MR) is 64.6 cm³/mol. The minimum absolute atomic E-state index is 0.253. The Kier molecular flexibility index (Phi) is 4.29. The number of hydrogen-bond acceptors (Lipinski definition) is 1. The lowest BCUT2D eigenvalue weighted by Gasteiger charge is -2.09. The van der Waals surface area contributed by atoms with E-state index in [-0.39, 0.29) is 5.78 Å². The Bertz CT molecular complexity index is 349. The van der Waals surface area contributed by atoms with Gasteiger partial charge in [-0.3, -0.25) is 0 Å². The van der Waals surface area contributed by atoms with Crippen LogP contribution in [0.15, 0.2) is 35.9 Å². The maximum absolute atomic E-state index is 11.0. The molecule has 0 aromatic heterocycles. The number of Topliss-reactive ketones (excluding diaryl/α,β-unsaturated/α-hetero) is 1. The molecule has 0 bridgehead atoms. The third kappa shape index (κ3) is 4.11. The fraction of sp³-hybridized carbons (Fsp3) is 0.357. The fourth-order valence-electron chi connectivity index (χ4n) is 1.55. The normalized spacial score (nSPS) is 13.7. The van der Waals surface area contributed by atoms with Crippen LogP contribution in [-0.2, 0) is 4.79 Å². The number of hydrogen-bond donors (Lipinski definition) is 0. The highest BCUT2D eigenvalue weighted by Crippen LogP contribution is 2.17. The van der Waals surface area contributed by atoms with E-state index in [0.717, 1.165) is 0 Å². The van der Waals surface area contributed by atoms with Crippen molar-refractivity contribution in [2.24, 2.45) is 5.92 Å². The molecule has 0 N–H and O–H groups in total. The minimum atomic E-state index is 0.253. The largest absolute Gasteiger partial charge is 0.300 e. The molecule has 0 spiro atoms. The van der Waals surface area contributed by atoms with E-state index >= 15 is 0 Å². The van der Waals surface area contributed by atoms with E-state index in [1.165, 1.54) is 11.1 Å². The average molecular weight is 202 g/mol. The second-order valence-corrected chi connectivity index (χ2v) is 4.11. The highest BCUT2D eigenvalue weighted by molar-refractivity contribution is 5.76. The Morgan fingerprint density at radius 1 is 1.27 bits per heavy atom. The molecule has 0 aliphatic rings. The summed E-state index contributed by atoms with van der Waals surface area (Å²) in [6, 6.07) is 10.2. The Hall–Kier alpha value is -1.37. The number of carbonyl (C=O) groups excluding carboxylic acids is 1. The number of ketones is 1. The molecule has 0 aliphatic carbocycles. The van der Waals surface area contributed by atoms with E-state index in [0.29, 0.717) is 12.3 Å². The number of carbonyl (C=O) groups is 1. The lowest BCUT2D eigenvalue weighted by atomic mass is 9.95. The summed E-state index contributed by atoms with van der Waals surface area (Å²) in [5, 5.41) is 0. The molecule has 1 aromatic rings. The van der Waals surface area contributed by atoms with Gasteiger partial charge in [0.2, 0.25) is 0 Å². The van der Waals surface area contributed by atoms with Crippen molar-refractivity contribution < 1.29 is 4.79 Å². The zero-order chi connectivity index (χ0) is 11.3. The Balaban J connectivity index is 2.71. The summed E-state index contributed by atoms with van der Waals surface area (Å²) in [5.41, 5.74) is 2.46. The van der Waals surface area contributed by atoms with Crippen molar-refractivity contribution in [2.75, 3.05) is 0 Å². The van der Waals surface area contributed by atoms with Gasteiger partial charge < -0.3 is 4.79 Å². The number of allylic oxidation sites excluding steroid dienone is 1. The van der Waals surface area contributed by atoms with Crippen LogP contribution < -0.4 is 0 Å². The van der Waals surface area contributed by atoms with Crippen LogP contribution in [0.4, 0.5) is 0 Å². The Morgan fingerprint density at radius 3 is 2.40 bits per heavy atom. The topological polar surface area (TPSA) is 17.1 Å². The van der Waals surface area contributed by atoms with E-state index in [1.54, 1.807) is 6.92 Å². The van der Waals surface area contributed by atoms with Gasteiger partial charge in [0.05, 0.1) is 0 Å². The van der Waals surface area contributed by atoms with Gasteiger partial charge in [-0.15, -0.1) is 0 Å². The van der Waals surface area contributed by atoms with Gasteiger partial charge in [0.1, 0.15) is 5.78 Å². The minimum Gasteiger partial charge on any atom is -0.300 e. The first-order chi connectivity index (χ1) is 7.09. The molecule has 0 amide bonds. The Morgan fingerprint density at radius 2 is 1.87 bits per heavy atom. The summed E-state index contributed by atoms with van der Waals surface area (Å²) in [5.74, 6) is 0.589. The van der Waals surface area contributed by atoms with E-state index < -0.39 is 0 Å². The fourth-order valence-corrected chi connectivity index (χ4v) is 1.55. The van der Waals surface area contributed by atoms with Crippen LogP contribution in [0.5, 0.6) is 0 Å². The van der Waals surface area contributed by atoms with Gasteiger partial charge in [-0.1, -0.05) is 48.9 Å². The lowest BCUT2D eigenvalue weighted by molar-refractivity contribution is -0.117. The first kappa shape index (κ1) is 11.7. The zero-order valence-corrected chi connectivity index (χ0v) is 9.66. The molecule has 1 aromatic carbocycles. The van der Waals surface area contributed by atoms with Gasteiger partial charge in [-0.2, -0.15) is 0 Å². The van der Waals surface area contributed by atoms with Crippen molar-refractivity contribution in [2.45, 2.75) is 27.2 Å². The number of benzene rings is 1. The highest BCUT2D eigenvalue weighted by Gasteiger charge is 2.06. The average Bonchev–Trinajstić information content (AvgIpc) is 2.18. The van der Waals surface area contributed by atoms with Crippen molar-refractivity contribution in [1.82, 2.24) is 0 Å². The summed E-state index contributed by atoms with van der Waals surface area (Å²) in [7, 11) is 0. The predicted octanol–water partition coefficient (Wildman–Crippen LogP) is 3.71. The molecule has 1 unspecified atom stereocenters. The molecule has 0 heterocycles. The molecule has 1 nitrogen and oxygen atoms in total. The van der Waals surface area contributed by atoms with Crippen molar-refractivity contribution in [3.05, 3.63) is 41.5 Å². The first-order valence-electron chi connectivity index (χ1n) is 5.32. The highest BCUT2D eigenvalue weighted by atomic mass is 16.1. The smallest absolute Gasteiger partial charge is 0.130 e. The van der Waals surface area contributed by atoms with Gasteiger partial charge in [-0.25, -0.2) is 0 Å². The third-order valence-electron chi connectivity index (χ3n) is 2.56. The maximum atomic E-state index is 11.0. The monoisotopic (exact) mass is 202 g/mol. The molecule has 1 heteroatoms. The third-order valence-corrected chi connectivity index (χ3v) is 2.56. The van der Waals surface area contributed by atoms with Crippen molar-refractivity contribution in [3.8, 4) is 0 Å². The number of rotatable bonds is 4. The Labute approximate surface area is 91.8 Å². The van der Waals surface area contributed by atoms with Crippen LogP contribution in [0, 0.1) is 5.92 Å². The molecular weight excluding hydrogens is 184 g/mol. The quantitative estimate of drug-likeness (QED) is 0.727. The lowest BCUT2D eigenvalue weighted by Crippen LogP contribution is -2.02. The molecule has 1 rings (SSSR count). The molecule has 15 heavy (non-hydrogen) atoms. The standard InChI is InChI=1S/C14H18O/c1-11(9-13(3)15)12(2)10-14-7-5-4-6-8-14/h4-8,10-11H,9H2,1-3H3/b12-10+. The zero-order valence-electron chi connectivity index (χ0n) is 9.66. The second-order valence-electron chi connectivity index (χ2n) is 4.11. The van der Waals surface area contributed by atoms with Crippen LogP contribution in [0.25, 0.3) is 6.08 Å². The van der Waals surface area contributed by atoms with Crippen LogP contribution in [0.3, 0.4) is 0 Å². The summed E-state index contributed by atoms with van der Waals surface area (Å²) in [4.78, 5) is 11.0. The molecule has 80 valence electrons. The van der Waals surface area contributed by atoms with Gasteiger partial charge in [-0.05, 0) is 25.3 Å². The summed E-state index contributed by atoms with van der Waals surface area (Å²) in [6.07, 6.45) is 2.78. The SMILES string of the molecule is CC(=O)CC(C)/C(C)=C/c1ccccc1. The summed E-state index contributed by atoms with van der Waals surface area (Å²) >= 11 is 0. The van der Waals surface area contributed by atoms with Gasteiger partial charge in [0, 0.05) is 6.42 Å². The van der Waals surface area contributed by atoms with E-state index in [1.807, 2.05) is 18.2 Å². The van der Waals surface area contributed by atoms with E-state index in [2.05, 4.69) is 32.1 Å². The molecule has 0 aliphatic heterocycles. The van der Waals surface area contributed by atoms with Crippen LogP contribution in [-0.4, -0.2) is 5.78 Å². The summed E-state index contributed by atoms with van der Waals surface area (Å²) < 4.78 is 0. The van der Waals surface area contributed by atoms with Crippen LogP contribution in [0.2, 0.25) is 0 Å². The van der Waals surface area contributed by atoms with Gasteiger partial charge >= 0.3 is 0 Å². The summed E-state index contributed by atoms with van der Waals surface area (Å²) in [6.45, 7) is 5.82. The van der Waals surface area contributed by atoms with Crippen LogP contribution in [0.1, 0.15) is 32.8 Å². The van der Waals surface area contributed by atoms with E-state index in [4.69, 9.17) is 0 Å². The van der Waals surface area contributed by atoms with Crippen molar-refractivity contribution in [3.63, 3.8) is 0 Å². The molecule has 0 radical (unpaired) electrons.